The third-order valence-corrected chi connectivity index (χ3v) is 4.73. The van der Waals surface area contributed by atoms with Crippen LogP contribution in [0.3, 0.4) is 0 Å². The van der Waals surface area contributed by atoms with Gasteiger partial charge < -0.3 is 4.74 Å². The Morgan fingerprint density at radius 1 is 1.00 bits per heavy atom. The fraction of sp³-hybridized carbons (Fsp3) is 0.0455. The first kappa shape index (κ1) is 19.5. The van der Waals surface area contributed by atoms with Crippen molar-refractivity contribution in [1.82, 2.24) is 29.5 Å². The summed E-state index contributed by atoms with van der Waals surface area (Å²) in [6, 6.07) is 13.7. The Balaban J connectivity index is 1.63. The summed E-state index contributed by atoms with van der Waals surface area (Å²) >= 11 is 0. The van der Waals surface area contributed by atoms with E-state index in [1.165, 1.54) is 35.4 Å². The molecule has 4 heterocycles. The fourth-order valence-electron chi connectivity index (χ4n) is 3.38. The second-order valence-electron chi connectivity index (χ2n) is 6.71. The second kappa shape index (κ2) is 7.99. The Bertz CT molecular complexity index is 1480. The first-order valence-corrected chi connectivity index (χ1v) is 9.49. The van der Waals surface area contributed by atoms with Crippen LogP contribution < -0.4 is 10.2 Å². The quantitative estimate of drug-likeness (QED) is 0.422. The molecule has 0 unspecified atom stereocenters. The summed E-state index contributed by atoms with van der Waals surface area (Å²) < 4.78 is 32.5. The number of pyridine rings is 2. The van der Waals surface area contributed by atoms with Gasteiger partial charge >= 0.3 is 6.61 Å². The van der Waals surface area contributed by atoms with Gasteiger partial charge in [0.25, 0.3) is 0 Å². The molecule has 8 nitrogen and oxygen atoms in total. The topological polar surface area (TPSA) is 87.7 Å². The van der Waals surface area contributed by atoms with Crippen molar-refractivity contribution in [3.8, 4) is 28.5 Å². The molecule has 0 aliphatic heterocycles. The van der Waals surface area contributed by atoms with Gasteiger partial charge in [0.05, 0.1) is 41.2 Å². The number of hydrogen-bond donors (Lipinski definition) is 0. The number of rotatable bonds is 5. The molecule has 5 rings (SSSR count). The smallest absolute Gasteiger partial charge is 0.387 e. The molecular weight excluding hydrogens is 418 g/mol. The van der Waals surface area contributed by atoms with E-state index in [1.807, 2.05) is 30.3 Å². The number of halogens is 2. The molecule has 5 aromatic rings. The summed E-state index contributed by atoms with van der Waals surface area (Å²) in [5.41, 5.74) is 2.15. The monoisotopic (exact) mass is 432 g/mol. The number of alkyl halides is 2. The van der Waals surface area contributed by atoms with Crippen molar-refractivity contribution in [3.63, 3.8) is 0 Å². The third kappa shape index (κ3) is 3.58. The zero-order valence-electron chi connectivity index (χ0n) is 16.3. The van der Waals surface area contributed by atoms with Gasteiger partial charge in [0.15, 0.2) is 5.69 Å². The summed E-state index contributed by atoms with van der Waals surface area (Å²) in [6.45, 7) is -2.98. The van der Waals surface area contributed by atoms with E-state index in [0.717, 1.165) is 16.6 Å². The fourth-order valence-corrected chi connectivity index (χ4v) is 3.38. The maximum absolute atomic E-state index is 12.7. The summed E-state index contributed by atoms with van der Waals surface area (Å²) in [4.78, 5) is 21.0. The molecule has 0 bridgehead atoms. The lowest BCUT2D eigenvalue weighted by molar-refractivity contribution is -0.0500. The average Bonchev–Trinajstić information content (AvgIpc) is 3.28. The first-order chi connectivity index (χ1) is 15.6. The van der Waals surface area contributed by atoms with E-state index in [4.69, 9.17) is 0 Å². The minimum Gasteiger partial charge on any atom is -0.433 e. The van der Waals surface area contributed by atoms with Gasteiger partial charge in [-0.2, -0.15) is 19.0 Å². The van der Waals surface area contributed by atoms with Crippen LogP contribution in [0.1, 0.15) is 0 Å². The standard InChI is InChI=1S/C22H14F2N6O2/c23-22(24)32-15-11-14(12-25-13-15)29-10-7-20(31)21(28-29)19-6-9-27-30(19)18-5-1-4-17-16(18)3-2-8-26-17/h1-13,22H. The maximum Gasteiger partial charge on any atom is 0.387 e. The molecule has 0 saturated carbocycles. The number of ether oxygens (including phenoxy) is 1. The van der Waals surface area contributed by atoms with E-state index in [2.05, 4.69) is 24.9 Å². The average molecular weight is 432 g/mol. The predicted molar refractivity (Wildman–Crippen MR) is 112 cm³/mol. The number of fused-ring (bicyclic) bond motifs is 1. The van der Waals surface area contributed by atoms with Gasteiger partial charge in [-0.1, -0.05) is 6.07 Å². The molecule has 1 aromatic carbocycles. The van der Waals surface area contributed by atoms with E-state index >= 15 is 0 Å². The Kier molecular flexibility index (Phi) is 4.86. The molecule has 0 radical (unpaired) electrons. The molecule has 0 saturated heterocycles. The van der Waals surface area contributed by atoms with Gasteiger partial charge in [0.2, 0.25) is 5.43 Å². The Hall–Kier alpha value is -4.47. The normalized spacial score (nSPS) is 11.2. The van der Waals surface area contributed by atoms with E-state index in [-0.39, 0.29) is 16.9 Å². The third-order valence-electron chi connectivity index (χ3n) is 4.73. The molecular formula is C22H14F2N6O2. The number of hydrogen-bond acceptors (Lipinski definition) is 6. The highest BCUT2D eigenvalue weighted by Gasteiger charge is 2.16. The number of nitrogens with zero attached hydrogens (tertiary/aromatic N) is 6. The van der Waals surface area contributed by atoms with Crippen molar-refractivity contribution in [1.29, 1.82) is 0 Å². The molecule has 4 aromatic heterocycles. The lowest BCUT2D eigenvalue weighted by Crippen LogP contribution is -2.15. The van der Waals surface area contributed by atoms with Crippen LogP contribution in [0.5, 0.6) is 5.75 Å². The van der Waals surface area contributed by atoms with Crippen LogP contribution in [0.4, 0.5) is 8.78 Å². The molecule has 10 heteroatoms. The maximum atomic E-state index is 12.7. The first-order valence-electron chi connectivity index (χ1n) is 9.49. The molecule has 0 aliphatic rings. The SMILES string of the molecule is O=c1ccn(-c2cncc(OC(F)F)c2)nc1-c1ccnn1-c1cccc2ncccc12. The minimum absolute atomic E-state index is 0.118. The van der Waals surface area contributed by atoms with Crippen molar-refractivity contribution < 1.29 is 13.5 Å². The van der Waals surface area contributed by atoms with E-state index in [9.17, 15) is 13.6 Å². The van der Waals surface area contributed by atoms with E-state index in [0.29, 0.717) is 11.4 Å². The van der Waals surface area contributed by atoms with Crippen LogP contribution in [0.2, 0.25) is 0 Å². The van der Waals surface area contributed by atoms with Crippen molar-refractivity contribution in [3.05, 3.63) is 89.7 Å². The predicted octanol–water partition coefficient (Wildman–Crippen LogP) is 3.63. The lowest BCUT2D eigenvalue weighted by Gasteiger charge is -2.12. The Labute approximate surface area is 179 Å². The largest absolute Gasteiger partial charge is 0.433 e. The molecule has 0 fully saturated rings. The highest BCUT2D eigenvalue weighted by atomic mass is 19.3. The van der Waals surface area contributed by atoms with Crippen LogP contribution in [0.25, 0.3) is 33.7 Å². The van der Waals surface area contributed by atoms with Gasteiger partial charge in [0, 0.05) is 29.9 Å². The van der Waals surface area contributed by atoms with Gasteiger partial charge in [0.1, 0.15) is 5.75 Å². The molecule has 0 aliphatic carbocycles. The van der Waals surface area contributed by atoms with Gasteiger partial charge in [-0.05, 0) is 30.3 Å². The Morgan fingerprint density at radius 3 is 2.78 bits per heavy atom. The molecule has 0 N–H and O–H groups in total. The number of benzene rings is 1. The Morgan fingerprint density at radius 2 is 1.91 bits per heavy atom. The highest BCUT2D eigenvalue weighted by molar-refractivity contribution is 5.87. The van der Waals surface area contributed by atoms with Crippen LogP contribution >= 0.6 is 0 Å². The lowest BCUT2D eigenvalue weighted by atomic mass is 10.1. The van der Waals surface area contributed by atoms with Crippen LogP contribution in [0.15, 0.2) is 84.3 Å². The molecule has 0 amide bonds. The van der Waals surface area contributed by atoms with Crippen molar-refractivity contribution in [2.75, 3.05) is 0 Å². The summed E-state index contributed by atoms with van der Waals surface area (Å²) in [5, 5.41) is 9.66. The van der Waals surface area contributed by atoms with Crippen LogP contribution in [0, 0.1) is 0 Å². The molecule has 158 valence electrons. The summed E-state index contributed by atoms with van der Waals surface area (Å²) in [7, 11) is 0. The zero-order valence-corrected chi connectivity index (χ0v) is 16.3. The van der Waals surface area contributed by atoms with Crippen molar-refractivity contribution in [2.24, 2.45) is 0 Å². The summed E-state index contributed by atoms with van der Waals surface area (Å²) in [6.07, 6.45) is 7.29. The number of aromatic nitrogens is 6. The van der Waals surface area contributed by atoms with Crippen LogP contribution in [-0.4, -0.2) is 36.1 Å². The van der Waals surface area contributed by atoms with Gasteiger partial charge in [-0.25, -0.2) is 9.36 Å². The second-order valence-corrected chi connectivity index (χ2v) is 6.71. The summed E-state index contributed by atoms with van der Waals surface area (Å²) in [5.74, 6) is -0.118. The minimum atomic E-state index is -2.98. The highest BCUT2D eigenvalue weighted by Crippen LogP contribution is 2.25. The molecule has 0 spiro atoms. The van der Waals surface area contributed by atoms with E-state index in [1.54, 1.807) is 23.1 Å². The van der Waals surface area contributed by atoms with Crippen molar-refractivity contribution in [2.45, 2.75) is 6.61 Å². The molecule has 32 heavy (non-hydrogen) atoms. The van der Waals surface area contributed by atoms with Gasteiger partial charge in [-0.15, -0.1) is 0 Å². The van der Waals surface area contributed by atoms with Crippen molar-refractivity contribution >= 4 is 10.9 Å². The molecule has 0 atom stereocenters. The van der Waals surface area contributed by atoms with E-state index < -0.39 is 6.61 Å². The van der Waals surface area contributed by atoms with Gasteiger partial charge in [-0.3, -0.25) is 14.8 Å². The van der Waals surface area contributed by atoms with Crippen LogP contribution in [-0.2, 0) is 0 Å². The zero-order chi connectivity index (χ0) is 22.1.